The van der Waals surface area contributed by atoms with Crippen molar-refractivity contribution in [3.05, 3.63) is 47.5 Å². The summed E-state index contributed by atoms with van der Waals surface area (Å²) in [5, 5.41) is 21.6. The lowest BCUT2D eigenvalue weighted by molar-refractivity contribution is 0.0836. The number of aryl methyl sites for hydroxylation is 1. The zero-order chi connectivity index (χ0) is 22.2. The molecule has 1 fully saturated rings. The van der Waals surface area contributed by atoms with Crippen LogP contribution in [0, 0.1) is 23.4 Å². The van der Waals surface area contributed by atoms with E-state index >= 15 is 0 Å². The molecule has 1 aromatic heterocycles. The number of sulfonamides is 1. The molecule has 1 heterocycles. The Morgan fingerprint density at radius 3 is 2.50 bits per heavy atom. The second-order valence-electron chi connectivity index (χ2n) is 7.09. The summed E-state index contributed by atoms with van der Waals surface area (Å²) < 4.78 is 69.3. The topological polar surface area (TPSA) is 121 Å². The Bertz CT molecular complexity index is 1070. The molecule has 1 aliphatic rings. The molecule has 0 saturated heterocycles. The third kappa shape index (κ3) is 4.51. The molecular formula is C18H20F3N3O5S. The van der Waals surface area contributed by atoms with Crippen LogP contribution in [0.4, 0.5) is 18.9 Å². The van der Waals surface area contributed by atoms with E-state index in [-0.39, 0.29) is 11.6 Å². The lowest BCUT2D eigenvalue weighted by Crippen LogP contribution is -2.46. The Morgan fingerprint density at radius 1 is 1.27 bits per heavy atom. The van der Waals surface area contributed by atoms with Crippen LogP contribution in [-0.2, 0) is 17.1 Å². The zero-order valence-electron chi connectivity index (χ0n) is 15.8. The van der Waals surface area contributed by atoms with Crippen molar-refractivity contribution in [2.45, 2.75) is 29.9 Å². The van der Waals surface area contributed by atoms with Crippen molar-refractivity contribution in [3.63, 3.8) is 0 Å². The number of aliphatic hydroxyl groups is 2. The summed E-state index contributed by atoms with van der Waals surface area (Å²) >= 11 is 0. The van der Waals surface area contributed by atoms with Crippen molar-refractivity contribution in [2.75, 3.05) is 11.9 Å². The average Bonchev–Trinajstić information content (AvgIpc) is 3.47. The molecule has 1 amide bonds. The molecule has 1 unspecified atom stereocenters. The third-order valence-electron chi connectivity index (χ3n) is 4.79. The van der Waals surface area contributed by atoms with Gasteiger partial charge in [0.1, 0.15) is 10.6 Å². The van der Waals surface area contributed by atoms with Crippen LogP contribution in [0.25, 0.3) is 0 Å². The van der Waals surface area contributed by atoms with Gasteiger partial charge in [-0.05, 0) is 30.9 Å². The van der Waals surface area contributed by atoms with Gasteiger partial charge in [-0.2, -0.15) is 0 Å². The maximum absolute atomic E-state index is 14.9. The zero-order valence-corrected chi connectivity index (χ0v) is 16.6. The number of carbonyl (C=O) groups is 1. The van der Waals surface area contributed by atoms with E-state index < -0.39 is 62.7 Å². The van der Waals surface area contributed by atoms with Crippen molar-refractivity contribution in [1.29, 1.82) is 0 Å². The highest BCUT2D eigenvalue weighted by Crippen LogP contribution is 2.34. The van der Waals surface area contributed by atoms with Gasteiger partial charge in [0.2, 0.25) is 10.0 Å². The van der Waals surface area contributed by atoms with Crippen LogP contribution < -0.4 is 10.0 Å². The first-order valence-electron chi connectivity index (χ1n) is 8.97. The van der Waals surface area contributed by atoms with Gasteiger partial charge < -0.3 is 20.1 Å². The van der Waals surface area contributed by atoms with Gasteiger partial charge in [-0.15, -0.1) is 0 Å². The molecule has 2 aromatic rings. The molecular weight excluding hydrogens is 427 g/mol. The number of benzene rings is 1. The Labute approximate surface area is 170 Å². The standard InChI is InChI=1S/C18H20F3N3O5S/c1-24-7-14(30(28,29)23-13(8-25)17(26)9-2-3-9)15(21)16(24)18(27)22-10-4-5-11(19)12(20)6-10/h4-7,9,13,17,23,25-26H,2-3,8H2,1H3,(H,22,27)/t13-,17?/m0/s1. The van der Waals surface area contributed by atoms with Crippen molar-refractivity contribution in [3.8, 4) is 0 Å². The van der Waals surface area contributed by atoms with Crippen molar-refractivity contribution >= 4 is 21.6 Å². The van der Waals surface area contributed by atoms with Gasteiger partial charge in [0.15, 0.2) is 17.5 Å². The van der Waals surface area contributed by atoms with E-state index in [9.17, 15) is 36.6 Å². The predicted octanol–water partition coefficient (Wildman–Crippen LogP) is 1.10. The van der Waals surface area contributed by atoms with E-state index in [2.05, 4.69) is 10.0 Å². The fourth-order valence-corrected chi connectivity index (χ4v) is 4.39. The van der Waals surface area contributed by atoms with Crippen LogP contribution in [0.3, 0.4) is 0 Å². The van der Waals surface area contributed by atoms with E-state index in [1.807, 2.05) is 0 Å². The molecule has 0 spiro atoms. The van der Waals surface area contributed by atoms with Gasteiger partial charge in [-0.1, -0.05) is 0 Å². The summed E-state index contributed by atoms with van der Waals surface area (Å²) in [5.41, 5.74) is -0.821. The number of nitrogens with zero attached hydrogens (tertiary/aromatic N) is 1. The third-order valence-corrected chi connectivity index (χ3v) is 6.27. The molecule has 1 aliphatic carbocycles. The molecule has 0 radical (unpaired) electrons. The number of anilines is 1. The Morgan fingerprint density at radius 2 is 1.93 bits per heavy atom. The minimum atomic E-state index is -4.53. The van der Waals surface area contributed by atoms with Crippen LogP contribution in [0.5, 0.6) is 0 Å². The number of hydrogen-bond donors (Lipinski definition) is 4. The normalized spacial score (nSPS) is 16.3. The first-order chi connectivity index (χ1) is 14.0. The largest absolute Gasteiger partial charge is 0.395 e. The highest BCUT2D eigenvalue weighted by Gasteiger charge is 2.38. The second-order valence-corrected chi connectivity index (χ2v) is 8.77. The molecule has 2 atom stereocenters. The van der Waals surface area contributed by atoms with Gasteiger partial charge in [-0.3, -0.25) is 4.79 Å². The number of hydrogen-bond acceptors (Lipinski definition) is 5. The number of amides is 1. The molecule has 3 rings (SSSR count). The van der Waals surface area contributed by atoms with Crippen LogP contribution in [0.2, 0.25) is 0 Å². The van der Waals surface area contributed by atoms with Gasteiger partial charge >= 0.3 is 0 Å². The molecule has 1 saturated carbocycles. The van der Waals surface area contributed by atoms with Gasteiger partial charge in [0.05, 0.1) is 18.8 Å². The van der Waals surface area contributed by atoms with Crippen LogP contribution in [0.1, 0.15) is 23.3 Å². The van der Waals surface area contributed by atoms with Gasteiger partial charge in [0, 0.05) is 25.0 Å². The van der Waals surface area contributed by atoms with Crippen LogP contribution in [-0.4, -0.2) is 47.9 Å². The maximum atomic E-state index is 14.9. The number of nitrogens with one attached hydrogen (secondary N) is 2. The van der Waals surface area contributed by atoms with E-state index in [1.165, 1.54) is 7.05 Å². The first kappa shape index (κ1) is 22.3. The van der Waals surface area contributed by atoms with Gasteiger partial charge in [-0.25, -0.2) is 26.3 Å². The lowest BCUT2D eigenvalue weighted by atomic mass is 10.1. The Balaban J connectivity index is 1.84. The summed E-state index contributed by atoms with van der Waals surface area (Å²) in [6, 6.07) is 1.29. The minimum absolute atomic E-state index is 0.150. The molecule has 4 N–H and O–H groups in total. The van der Waals surface area contributed by atoms with E-state index in [0.29, 0.717) is 18.9 Å². The fourth-order valence-electron chi connectivity index (χ4n) is 3.02. The lowest BCUT2D eigenvalue weighted by Gasteiger charge is -2.21. The number of carbonyl (C=O) groups excluding carboxylic acids is 1. The molecule has 30 heavy (non-hydrogen) atoms. The molecule has 8 nitrogen and oxygen atoms in total. The SMILES string of the molecule is Cn1cc(S(=O)(=O)N[C@@H](CO)C(O)C2CC2)c(F)c1C(=O)Nc1ccc(F)c(F)c1. The average molecular weight is 447 g/mol. The van der Waals surface area contributed by atoms with Crippen molar-refractivity contribution < 1.29 is 36.6 Å². The summed E-state index contributed by atoms with van der Waals surface area (Å²) in [6.07, 6.45) is 1.10. The summed E-state index contributed by atoms with van der Waals surface area (Å²) in [4.78, 5) is 11.5. The van der Waals surface area contributed by atoms with Crippen molar-refractivity contribution in [1.82, 2.24) is 9.29 Å². The summed E-state index contributed by atoms with van der Waals surface area (Å²) in [6.45, 7) is -0.700. The molecule has 12 heteroatoms. The van der Waals surface area contributed by atoms with Gasteiger partial charge in [0.25, 0.3) is 5.91 Å². The Hall–Kier alpha value is -2.41. The highest BCUT2D eigenvalue weighted by atomic mass is 32.2. The van der Waals surface area contributed by atoms with Crippen molar-refractivity contribution in [2.24, 2.45) is 13.0 Å². The quantitative estimate of drug-likeness (QED) is 0.483. The second kappa shape index (κ2) is 8.38. The molecule has 164 valence electrons. The Kier molecular flexibility index (Phi) is 6.22. The molecule has 0 aliphatic heterocycles. The smallest absolute Gasteiger partial charge is 0.275 e. The molecule has 0 bridgehead atoms. The number of rotatable bonds is 8. The molecule has 1 aromatic carbocycles. The van der Waals surface area contributed by atoms with Crippen LogP contribution >= 0.6 is 0 Å². The number of halogens is 3. The van der Waals surface area contributed by atoms with E-state index in [0.717, 1.165) is 22.9 Å². The monoisotopic (exact) mass is 447 g/mol. The van der Waals surface area contributed by atoms with Crippen LogP contribution in [0.15, 0.2) is 29.3 Å². The fraction of sp³-hybridized carbons (Fsp3) is 0.389. The van der Waals surface area contributed by atoms with E-state index in [4.69, 9.17) is 0 Å². The number of aliphatic hydroxyl groups excluding tert-OH is 2. The first-order valence-corrected chi connectivity index (χ1v) is 10.5. The highest BCUT2D eigenvalue weighted by molar-refractivity contribution is 7.89. The minimum Gasteiger partial charge on any atom is -0.395 e. The summed E-state index contributed by atoms with van der Waals surface area (Å²) in [5.74, 6) is -4.97. The summed E-state index contributed by atoms with van der Waals surface area (Å²) in [7, 11) is -3.30. The number of aromatic nitrogens is 1. The van der Waals surface area contributed by atoms with E-state index in [1.54, 1.807) is 0 Å². The predicted molar refractivity (Wildman–Crippen MR) is 99.6 cm³/mol. The maximum Gasteiger partial charge on any atom is 0.275 e.